The van der Waals surface area contributed by atoms with Crippen LogP contribution in [0.4, 0.5) is 27.1 Å². The van der Waals surface area contributed by atoms with Crippen LogP contribution in [0, 0.1) is 10.7 Å². The molecule has 0 unspecified atom stereocenters. The van der Waals surface area contributed by atoms with Gasteiger partial charge in [-0.05, 0) is 41.6 Å². The van der Waals surface area contributed by atoms with Gasteiger partial charge in [0.25, 0.3) is 0 Å². The molecule has 5 nitrogen and oxygen atoms in total. The van der Waals surface area contributed by atoms with Crippen molar-refractivity contribution in [1.29, 1.82) is 0 Å². The monoisotopic (exact) mass is 244 g/mol. The van der Waals surface area contributed by atoms with Crippen LogP contribution < -0.4 is 5.73 Å². The number of nitrogens with two attached hydrogens (primary N) is 1. The van der Waals surface area contributed by atoms with Gasteiger partial charge in [-0.3, -0.25) is 0 Å². The second-order valence-electron chi connectivity index (χ2n) is 3.52. The molecule has 0 aliphatic carbocycles. The maximum absolute atomic E-state index is 13.4. The van der Waals surface area contributed by atoms with E-state index in [2.05, 4.69) is 15.4 Å². The van der Waals surface area contributed by atoms with Crippen molar-refractivity contribution in [1.82, 2.24) is 0 Å². The van der Waals surface area contributed by atoms with Crippen LogP contribution in [-0.2, 0) is 0 Å². The van der Waals surface area contributed by atoms with Crippen molar-refractivity contribution in [3.05, 3.63) is 53.2 Å². The highest BCUT2D eigenvalue weighted by molar-refractivity contribution is 5.50. The Bertz CT molecular complexity index is 596. The Hall–Kier alpha value is -2.63. The number of rotatable bonds is 3. The molecule has 0 spiro atoms. The first kappa shape index (κ1) is 11.8. The van der Waals surface area contributed by atoms with E-state index in [1.807, 2.05) is 0 Å². The van der Waals surface area contributed by atoms with Crippen LogP contribution in [0.25, 0.3) is 0 Å². The molecule has 90 valence electrons. The summed E-state index contributed by atoms with van der Waals surface area (Å²) in [5.41, 5.74) is 6.74. The van der Waals surface area contributed by atoms with E-state index < -0.39 is 5.82 Å². The fourth-order valence-corrected chi connectivity index (χ4v) is 1.29. The number of anilines is 1. The standard InChI is InChI=1S/C12H9FN4O/c13-11-7-10(17-18)5-6-12(11)16-15-9-3-1-8(14)2-4-9/h1-7H,14H2. The van der Waals surface area contributed by atoms with E-state index in [9.17, 15) is 9.30 Å². The van der Waals surface area contributed by atoms with E-state index in [4.69, 9.17) is 5.73 Å². The smallest absolute Gasteiger partial charge is 0.152 e. The molecule has 0 saturated carbocycles. The molecule has 0 aliphatic rings. The van der Waals surface area contributed by atoms with Gasteiger partial charge in [0.1, 0.15) is 11.4 Å². The molecule has 0 bridgehead atoms. The van der Waals surface area contributed by atoms with Gasteiger partial charge in [-0.1, -0.05) is 0 Å². The molecule has 0 aromatic heterocycles. The van der Waals surface area contributed by atoms with Crippen molar-refractivity contribution in [2.24, 2.45) is 15.4 Å². The van der Waals surface area contributed by atoms with Crippen LogP contribution in [0.2, 0.25) is 0 Å². The Morgan fingerprint density at radius 1 is 0.944 bits per heavy atom. The van der Waals surface area contributed by atoms with Crippen molar-refractivity contribution >= 4 is 22.7 Å². The van der Waals surface area contributed by atoms with Crippen molar-refractivity contribution in [3.8, 4) is 0 Å². The third-order valence-corrected chi connectivity index (χ3v) is 2.20. The van der Waals surface area contributed by atoms with Crippen molar-refractivity contribution in [2.75, 3.05) is 5.73 Å². The Morgan fingerprint density at radius 3 is 2.22 bits per heavy atom. The summed E-state index contributed by atoms with van der Waals surface area (Å²) in [5, 5.41) is 10.2. The van der Waals surface area contributed by atoms with Gasteiger partial charge in [0.15, 0.2) is 5.82 Å². The maximum Gasteiger partial charge on any atom is 0.152 e. The Morgan fingerprint density at radius 2 is 1.61 bits per heavy atom. The van der Waals surface area contributed by atoms with Crippen LogP contribution in [-0.4, -0.2) is 0 Å². The molecule has 0 aliphatic heterocycles. The molecule has 0 heterocycles. The molecule has 0 saturated heterocycles. The minimum absolute atomic E-state index is 0.0129. The Labute approximate surface area is 102 Å². The third-order valence-electron chi connectivity index (χ3n) is 2.20. The zero-order valence-electron chi connectivity index (χ0n) is 9.25. The first-order valence-electron chi connectivity index (χ1n) is 5.09. The molecule has 2 aromatic rings. The van der Waals surface area contributed by atoms with Crippen LogP contribution in [0.3, 0.4) is 0 Å². The summed E-state index contributed by atoms with van der Waals surface area (Å²) in [6.07, 6.45) is 0. The molecule has 0 radical (unpaired) electrons. The molecular formula is C12H9FN4O. The summed E-state index contributed by atoms with van der Waals surface area (Å²) in [6, 6.07) is 10.4. The molecule has 0 fully saturated rings. The first-order chi connectivity index (χ1) is 8.69. The van der Waals surface area contributed by atoms with Gasteiger partial charge >= 0.3 is 0 Å². The van der Waals surface area contributed by atoms with Gasteiger partial charge in [-0.2, -0.15) is 5.11 Å². The van der Waals surface area contributed by atoms with E-state index in [1.54, 1.807) is 24.3 Å². The number of benzene rings is 2. The first-order valence-corrected chi connectivity index (χ1v) is 5.09. The molecule has 6 heteroatoms. The van der Waals surface area contributed by atoms with Crippen LogP contribution in [0.1, 0.15) is 0 Å². The van der Waals surface area contributed by atoms with Gasteiger partial charge in [0.2, 0.25) is 0 Å². The van der Waals surface area contributed by atoms with Crippen molar-refractivity contribution in [2.45, 2.75) is 0 Å². The molecule has 2 aromatic carbocycles. The number of nitrogen functional groups attached to an aromatic ring is 1. The number of hydrogen-bond donors (Lipinski definition) is 1. The number of azo groups is 1. The second-order valence-corrected chi connectivity index (χ2v) is 3.52. The fourth-order valence-electron chi connectivity index (χ4n) is 1.29. The Balaban J connectivity index is 2.23. The minimum Gasteiger partial charge on any atom is -0.399 e. The lowest BCUT2D eigenvalue weighted by atomic mass is 10.3. The number of nitrogens with zero attached hydrogens (tertiary/aromatic N) is 3. The van der Waals surface area contributed by atoms with Crippen molar-refractivity contribution < 1.29 is 4.39 Å². The second kappa shape index (κ2) is 5.13. The maximum atomic E-state index is 13.4. The molecule has 2 rings (SSSR count). The van der Waals surface area contributed by atoms with Crippen LogP contribution in [0.15, 0.2) is 57.9 Å². The van der Waals surface area contributed by atoms with Crippen molar-refractivity contribution in [3.63, 3.8) is 0 Å². The summed E-state index contributed by atoms with van der Waals surface area (Å²) in [5.74, 6) is -0.647. The lowest BCUT2D eigenvalue weighted by Gasteiger charge is -1.96. The van der Waals surface area contributed by atoms with Gasteiger partial charge in [0.05, 0.1) is 5.69 Å². The summed E-state index contributed by atoms with van der Waals surface area (Å²) < 4.78 is 13.4. The molecule has 0 amide bonds. The summed E-state index contributed by atoms with van der Waals surface area (Å²) in [7, 11) is 0. The highest BCUT2D eigenvalue weighted by Crippen LogP contribution is 2.25. The topological polar surface area (TPSA) is 80.2 Å². The minimum atomic E-state index is -0.647. The Kier molecular flexibility index (Phi) is 3.38. The van der Waals surface area contributed by atoms with Gasteiger partial charge in [-0.15, -0.1) is 10.0 Å². The SMILES string of the molecule is Nc1ccc(N=Nc2ccc(N=O)cc2F)cc1. The highest BCUT2D eigenvalue weighted by atomic mass is 19.1. The zero-order chi connectivity index (χ0) is 13.0. The summed E-state index contributed by atoms with van der Waals surface area (Å²) in [4.78, 5) is 10.2. The number of hydrogen-bond acceptors (Lipinski definition) is 5. The summed E-state index contributed by atoms with van der Waals surface area (Å²) >= 11 is 0. The summed E-state index contributed by atoms with van der Waals surface area (Å²) in [6.45, 7) is 0. The lowest BCUT2D eigenvalue weighted by molar-refractivity contribution is 0.628. The largest absolute Gasteiger partial charge is 0.399 e. The van der Waals surface area contributed by atoms with E-state index in [1.165, 1.54) is 12.1 Å². The third kappa shape index (κ3) is 2.73. The number of halogens is 1. The predicted molar refractivity (Wildman–Crippen MR) is 66.9 cm³/mol. The molecule has 18 heavy (non-hydrogen) atoms. The van der Waals surface area contributed by atoms with E-state index in [0.717, 1.165) is 6.07 Å². The van der Waals surface area contributed by atoms with Crippen LogP contribution >= 0.6 is 0 Å². The molecule has 0 atom stereocenters. The predicted octanol–water partition coefficient (Wildman–Crippen LogP) is 4.22. The number of nitroso groups, excluding NO2 is 1. The lowest BCUT2D eigenvalue weighted by Crippen LogP contribution is -1.80. The highest BCUT2D eigenvalue weighted by Gasteiger charge is 2.02. The molecular weight excluding hydrogens is 235 g/mol. The van der Waals surface area contributed by atoms with E-state index in [-0.39, 0.29) is 11.4 Å². The van der Waals surface area contributed by atoms with E-state index in [0.29, 0.717) is 11.4 Å². The van der Waals surface area contributed by atoms with Crippen LogP contribution in [0.5, 0.6) is 0 Å². The van der Waals surface area contributed by atoms with Gasteiger partial charge in [-0.25, -0.2) is 4.39 Å². The quantitative estimate of drug-likeness (QED) is 0.498. The zero-order valence-corrected chi connectivity index (χ0v) is 9.25. The van der Waals surface area contributed by atoms with Gasteiger partial charge < -0.3 is 5.73 Å². The molecule has 2 N–H and O–H groups in total. The normalized spacial score (nSPS) is 10.7. The fraction of sp³-hybridized carbons (Fsp3) is 0. The average Bonchev–Trinajstić information content (AvgIpc) is 2.39. The average molecular weight is 244 g/mol. The van der Waals surface area contributed by atoms with Gasteiger partial charge in [0, 0.05) is 11.8 Å². The van der Waals surface area contributed by atoms with E-state index >= 15 is 0 Å².